The standard InChI is InChI=1S/C26H27ClN4O2S.C23H28N6O2S.C22H25ClN6OS/c1-20-7-9-23(10-8-20)34-24-18-28-26(31-14-12-30(13-15-31)11-2-3-16-32)29-25(24)33-19-21-5-4-6-22(27)17-21;1-28(2)17-9-10-29(14-17)23-26-13-20(32-19-7-8-21(24)25-12-19)22(27-23)31-15-16-5-4-6-18(11-16)30-3;1-28(2)17-8-9-29(13-17)22-26-12-19(31-18-6-7-20(24)25-11-18)21(27-22)30-14-15-4-3-5-16(23)10-15/h4-10,17-18,32H,11-16,19H2,1H3;4-8,11-13,17H,9-10,14-15H2,1-3H3,(H2,24,25);3-7,10-12,17H,8-9,13-14H2,1-2H3,(H2,24,25)/t;2*17-/m.11/s1. The summed E-state index contributed by atoms with van der Waals surface area (Å²) in [4.78, 5) is 55.5. The predicted molar refractivity (Wildman–Crippen MR) is 388 cm³/mol. The van der Waals surface area contributed by atoms with E-state index < -0.39 is 0 Å². The van der Waals surface area contributed by atoms with Gasteiger partial charge in [-0.1, -0.05) is 124 Å². The molecule has 506 valence electrons. The zero-order valence-corrected chi connectivity index (χ0v) is 59.1. The van der Waals surface area contributed by atoms with Crippen LogP contribution in [0.2, 0.25) is 10.0 Å². The number of pyridine rings is 2. The summed E-state index contributed by atoms with van der Waals surface area (Å²) in [6, 6.07) is 39.9. The van der Waals surface area contributed by atoms with Crippen LogP contribution < -0.4 is 45.1 Å². The zero-order chi connectivity index (χ0) is 68.0. The molecule has 0 saturated carbocycles. The lowest BCUT2D eigenvalue weighted by molar-refractivity contribution is 0.278. The number of likely N-dealkylation sites (N-methyl/N-ethyl adjacent to an activating group) is 2. The normalized spacial score (nSPS) is 15.3. The minimum atomic E-state index is -0.0985. The second-order valence-electron chi connectivity index (χ2n) is 23.4. The molecule has 2 atom stereocenters. The average Bonchev–Trinajstić information content (AvgIpc) is 1.78. The minimum Gasteiger partial charge on any atom is -0.497 e. The number of benzene rings is 4. The van der Waals surface area contributed by atoms with E-state index in [-0.39, 0.29) is 6.61 Å². The Balaban J connectivity index is 0.000000158. The van der Waals surface area contributed by atoms with E-state index in [1.54, 1.807) is 43.4 Å². The first-order valence-corrected chi connectivity index (χ1v) is 34.8. The van der Waals surface area contributed by atoms with E-state index in [1.807, 2.05) is 104 Å². The maximum absolute atomic E-state index is 8.83. The van der Waals surface area contributed by atoms with Crippen molar-refractivity contribution >= 4 is 88.0 Å². The Labute approximate surface area is 590 Å². The first-order chi connectivity index (χ1) is 47.1. The number of aromatic nitrogens is 8. The maximum Gasteiger partial charge on any atom is 0.232 e. The van der Waals surface area contributed by atoms with Gasteiger partial charge in [0.1, 0.15) is 43.8 Å². The fraction of sp³-hybridized carbons (Fsp3) is 0.324. The van der Waals surface area contributed by atoms with Crippen LogP contribution in [-0.4, -0.2) is 173 Å². The Hall–Kier alpha value is -8.35. The molecule has 9 aromatic rings. The topological polar surface area (TPSA) is 232 Å². The maximum atomic E-state index is 8.83. The number of aliphatic hydroxyl groups excluding tert-OH is 1. The Morgan fingerprint density at radius 2 is 0.948 bits per heavy atom. The van der Waals surface area contributed by atoms with Crippen LogP contribution in [0.5, 0.6) is 23.4 Å². The summed E-state index contributed by atoms with van der Waals surface area (Å²) in [6.45, 7) is 10.7. The van der Waals surface area contributed by atoms with Gasteiger partial charge >= 0.3 is 0 Å². The lowest BCUT2D eigenvalue weighted by Gasteiger charge is -2.33. The molecular weight excluding hydrogens is 1320 g/mol. The predicted octanol–water partition coefficient (Wildman–Crippen LogP) is 11.6. The molecule has 12 rings (SSSR count). The van der Waals surface area contributed by atoms with Crippen molar-refractivity contribution in [2.24, 2.45) is 0 Å². The van der Waals surface area contributed by atoms with Crippen molar-refractivity contribution in [3.05, 3.63) is 185 Å². The number of hydrogen-bond donors (Lipinski definition) is 3. The quantitative estimate of drug-likeness (QED) is 0.0535. The molecule has 8 heterocycles. The van der Waals surface area contributed by atoms with E-state index in [0.717, 1.165) is 117 Å². The van der Waals surface area contributed by atoms with Crippen LogP contribution in [0.25, 0.3) is 0 Å². The van der Waals surface area contributed by atoms with Crippen molar-refractivity contribution in [1.82, 2.24) is 54.6 Å². The monoisotopic (exact) mass is 1400 g/mol. The van der Waals surface area contributed by atoms with Gasteiger partial charge in [-0.3, -0.25) is 4.90 Å². The summed E-state index contributed by atoms with van der Waals surface area (Å²) in [5.41, 5.74) is 15.6. The highest BCUT2D eigenvalue weighted by Crippen LogP contribution is 2.39. The second-order valence-corrected chi connectivity index (χ2v) is 27.7. The first-order valence-electron chi connectivity index (χ1n) is 31.6. The van der Waals surface area contributed by atoms with Crippen LogP contribution in [0.4, 0.5) is 29.5 Å². The molecule has 0 spiro atoms. The number of aryl methyl sites for hydroxylation is 1. The third-order valence-corrected chi connectivity index (χ3v) is 19.3. The summed E-state index contributed by atoms with van der Waals surface area (Å²) in [6.07, 6.45) is 11.1. The number of nitrogens with zero attached hydrogens (tertiary/aromatic N) is 14. The summed E-state index contributed by atoms with van der Waals surface area (Å²) in [7, 11) is 10.1. The first kappa shape index (κ1) is 71.4. The summed E-state index contributed by atoms with van der Waals surface area (Å²) in [5.74, 6) is 11.1. The lowest BCUT2D eigenvalue weighted by Crippen LogP contribution is -2.47. The largest absolute Gasteiger partial charge is 0.497 e. The van der Waals surface area contributed by atoms with E-state index >= 15 is 0 Å². The van der Waals surface area contributed by atoms with Crippen LogP contribution >= 0.6 is 58.5 Å². The molecule has 3 aliphatic rings. The number of ether oxygens (including phenoxy) is 4. The van der Waals surface area contributed by atoms with Crippen molar-refractivity contribution in [3.63, 3.8) is 0 Å². The molecule has 21 nitrogen and oxygen atoms in total. The van der Waals surface area contributed by atoms with Gasteiger partial charge < -0.3 is 60.0 Å². The van der Waals surface area contributed by atoms with Gasteiger partial charge in [0.15, 0.2) is 0 Å². The SMILES string of the molecule is CN(C)[C@@H]1CCN(c2ncc(Sc3ccc(N)nc3)c(OCc3cccc(Cl)c3)n2)C1.COc1cccc(COc2nc(N3CC[C@@H](N(C)C)C3)ncc2Sc2ccc(N)nc2)c1.Cc1ccc(Sc2cnc(N3CCN(CC#CCO)CC3)nc2OCc2cccc(Cl)c2)cc1. The molecule has 0 amide bonds. The van der Waals surface area contributed by atoms with Crippen LogP contribution in [-0.2, 0) is 19.8 Å². The highest BCUT2D eigenvalue weighted by atomic mass is 35.5. The Kier molecular flexibility index (Phi) is 26.3. The highest BCUT2D eigenvalue weighted by molar-refractivity contribution is 8.00. The van der Waals surface area contributed by atoms with Crippen molar-refractivity contribution in [3.8, 4) is 35.2 Å². The van der Waals surface area contributed by atoms with Gasteiger partial charge in [0.05, 0.1) is 46.9 Å². The molecule has 0 radical (unpaired) electrons. The Morgan fingerprint density at radius 1 is 0.515 bits per heavy atom. The number of methoxy groups -OCH3 is 1. The fourth-order valence-corrected chi connectivity index (χ4v) is 13.2. The van der Waals surface area contributed by atoms with Gasteiger partial charge in [0.2, 0.25) is 35.5 Å². The van der Waals surface area contributed by atoms with Crippen LogP contribution in [0.15, 0.2) is 182 Å². The molecule has 0 unspecified atom stereocenters. The summed E-state index contributed by atoms with van der Waals surface area (Å²) >= 11 is 16.8. The van der Waals surface area contributed by atoms with E-state index in [4.69, 9.17) is 73.7 Å². The molecule has 3 aliphatic heterocycles. The van der Waals surface area contributed by atoms with E-state index in [1.165, 1.54) is 29.1 Å². The van der Waals surface area contributed by atoms with Gasteiger partial charge in [-0.25, -0.2) is 24.9 Å². The van der Waals surface area contributed by atoms with Gasteiger partial charge in [0, 0.05) is 102 Å². The number of nitrogens with two attached hydrogens (primary N) is 2. The molecule has 3 saturated heterocycles. The van der Waals surface area contributed by atoms with Crippen molar-refractivity contribution < 1.29 is 24.1 Å². The molecule has 3 fully saturated rings. The number of piperazine rings is 1. The van der Waals surface area contributed by atoms with Gasteiger partial charge in [0.25, 0.3) is 0 Å². The van der Waals surface area contributed by atoms with Crippen molar-refractivity contribution in [2.75, 3.05) is 127 Å². The van der Waals surface area contributed by atoms with Crippen LogP contribution in [0.1, 0.15) is 35.1 Å². The molecule has 0 aliphatic carbocycles. The van der Waals surface area contributed by atoms with Gasteiger partial charge in [-0.15, -0.1) is 0 Å². The molecule has 4 aromatic carbocycles. The summed E-state index contributed by atoms with van der Waals surface area (Å²) < 4.78 is 23.8. The number of aliphatic hydroxyl groups is 1. The van der Waals surface area contributed by atoms with Gasteiger partial charge in [-0.2, -0.15) is 15.0 Å². The van der Waals surface area contributed by atoms with Crippen molar-refractivity contribution in [1.29, 1.82) is 0 Å². The highest BCUT2D eigenvalue weighted by Gasteiger charge is 2.29. The second kappa shape index (κ2) is 35.8. The van der Waals surface area contributed by atoms with E-state index in [9.17, 15) is 0 Å². The number of hydrogen-bond acceptors (Lipinski definition) is 24. The molecule has 0 bridgehead atoms. The number of halogens is 2. The third-order valence-electron chi connectivity index (χ3n) is 15.9. The molecule has 26 heteroatoms. The fourth-order valence-electron chi connectivity index (χ4n) is 10.4. The minimum absolute atomic E-state index is 0.0985. The van der Waals surface area contributed by atoms with Crippen LogP contribution in [0, 0.1) is 18.8 Å². The smallest absolute Gasteiger partial charge is 0.232 e. The number of anilines is 5. The molecule has 5 aromatic heterocycles. The number of rotatable bonds is 22. The molecule has 5 N–H and O–H groups in total. The number of nitrogen functional groups attached to an aromatic ring is 2. The Morgan fingerprint density at radius 3 is 1.36 bits per heavy atom. The average molecular weight is 1400 g/mol. The molecule has 97 heavy (non-hydrogen) atoms. The Bertz CT molecular complexity index is 4060. The van der Waals surface area contributed by atoms with E-state index in [2.05, 4.69) is 126 Å². The van der Waals surface area contributed by atoms with Gasteiger partial charge in [-0.05, 0) is 137 Å². The van der Waals surface area contributed by atoms with E-state index in [0.29, 0.717) is 95.6 Å². The van der Waals surface area contributed by atoms with Crippen LogP contribution in [0.3, 0.4) is 0 Å². The molecular formula is C71H80Cl2N16O5S3. The van der Waals surface area contributed by atoms with Crippen molar-refractivity contribution in [2.45, 2.75) is 81.0 Å². The summed E-state index contributed by atoms with van der Waals surface area (Å²) in [5, 5.41) is 10.2. The zero-order valence-electron chi connectivity index (χ0n) is 55.2. The lowest BCUT2D eigenvalue weighted by atomic mass is 10.2. The third kappa shape index (κ3) is 21.6.